The van der Waals surface area contributed by atoms with Crippen LogP contribution >= 0.6 is 0 Å². The van der Waals surface area contributed by atoms with Crippen molar-refractivity contribution in [2.75, 3.05) is 0 Å². The van der Waals surface area contributed by atoms with Gasteiger partial charge in [-0.15, -0.1) is 0 Å². The summed E-state index contributed by atoms with van der Waals surface area (Å²) in [5.74, 6) is 0.196. The second kappa shape index (κ2) is 11.9. The molecule has 6 nitrogen and oxygen atoms in total. The van der Waals surface area contributed by atoms with Crippen molar-refractivity contribution in [1.82, 2.24) is 10.6 Å². The predicted octanol–water partition coefficient (Wildman–Crippen LogP) is 9.96. The number of benzene rings is 4. The molecular formula is C43H41N5O. The molecule has 8 rings (SSSR count). The van der Waals surface area contributed by atoms with Crippen molar-refractivity contribution in [3.05, 3.63) is 148 Å². The van der Waals surface area contributed by atoms with Gasteiger partial charge >= 0.3 is 0 Å². The van der Waals surface area contributed by atoms with Gasteiger partial charge in [0.1, 0.15) is 17.3 Å². The maximum Gasteiger partial charge on any atom is 0.152 e. The van der Waals surface area contributed by atoms with Crippen LogP contribution in [0.2, 0.25) is 0 Å². The van der Waals surface area contributed by atoms with Crippen LogP contribution in [0.3, 0.4) is 0 Å². The van der Waals surface area contributed by atoms with E-state index in [9.17, 15) is 0 Å². The smallest absolute Gasteiger partial charge is 0.152 e. The number of para-hydroxylation sites is 1. The number of nitrogens with one attached hydrogen (secondary N) is 2. The third-order valence-electron chi connectivity index (χ3n) is 9.94. The molecular weight excluding hydrogens is 603 g/mol. The van der Waals surface area contributed by atoms with Gasteiger partial charge in [0.15, 0.2) is 5.66 Å². The number of rotatable bonds is 5. The van der Waals surface area contributed by atoms with Crippen molar-refractivity contribution in [2.45, 2.75) is 59.3 Å². The van der Waals surface area contributed by atoms with Crippen LogP contribution in [0.15, 0.2) is 140 Å². The summed E-state index contributed by atoms with van der Waals surface area (Å²) < 4.78 is 6.20. The van der Waals surface area contributed by atoms with E-state index >= 15 is 0 Å². The lowest BCUT2D eigenvalue weighted by molar-refractivity contribution is 0.420. The van der Waals surface area contributed by atoms with E-state index in [-0.39, 0.29) is 18.0 Å². The molecule has 4 atom stereocenters. The summed E-state index contributed by atoms with van der Waals surface area (Å²) in [6.45, 7) is 12.7. The van der Waals surface area contributed by atoms with Gasteiger partial charge in [0, 0.05) is 51.0 Å². The molecule has 49 heavy (non-hydrogen) atoms. The summed E-state index contributed by atoms with van der Waals surface area (Å²) in [7, 11) is 0. The van der Waals surface area contributed by atoms with Gasteiger partial charge in [-0.1, -0.05) is 67.6 Å². The summed E-state index contributed by atoms with van der Waals surface area (Å²) in [4.78, 5) is 15.4. The Morgan fingerprint density at radius 3 is 2.33 bits per heavy atom. The fourth-order valence-corrected chi connectivity index (χ4v) is 7.71. The van der Waals surface area contributed by atoms with Crippen LogP contribution in [0.1, 0.15) is 81.4 Å². The van der Waals surface area contributed by atoms with E-state index in [4.69, 9.17) is 19.4 Å². The molecule has 0 radical (unpaired) electrons. The van der Waals surface area contributed by atoms with Crippen molar-refractivity contribution in [1.29, 1.82) is 0 Å². The fourth-order valence-electron chi connectivity index (χ4n) is 7.71. The molecule has 5 aromatic rings. The van der Waals surface area contributed by atoms with Gasteiger partial charge in [0.25, 0.3) is 0 Å². The zero-order valence-electron chi connectivity index (χ0n) is 28.9. The molecule has 0 fully saturated rings. The molecule has 4 aromatic carbocycles. The van der Waals surface area contributed by atoms with Crippen molar-refractivity contribution in [2.24, 2.45) is 20.9 Å². The first kappa shape index (κ1) is 30.8. The number of hydrogen-bond acceptors (Lipinski definition) is 6. The van der Waals surface area contributed by atoms with E-state index in [1.54, 1.807) is 0 Å². The van der Waals surface area contributed by atoms with Crippen molar-refractivity contribution < 1.29 is 4.42 Å². The van der Waals surface area contributed by atoms with Crippen molar-refractivity contribution in [3.63, 3.8) is 0 Å². The Morgan fingerprint density at radius 2 is 1.49 bits per heavy atom. The largest absolute Gasteiger partial charge is 0.456 e. The van der Waals surface area contributed by atoms with E-state index in [1.807, 2.05) is 12.1 Å². The fraction of sp³-hybridized carbons (Fsp3) is 0.233. The maximum atomic E-state index is 6.20. The number of furan rings is 1. The summed E-state index contributed by atoms with van der Waals surface area (Å²) in [5.41, 5.74) is 13.1. The average molecular weight is 644 g/mol. The molecule has 0 saturated carbocycles. The van der Waals surface area contributed by atoms with Crippen LogP contribution in [-0.2, 0) is 5.66 Å². The van der Waals surface area contributed by atoms with Crippen LogP contribution in [-0.4, -0.2) is 17.1 Å². The normalized spacial score (nSPS) is 23.8. The minimum Gasteiger partial charge on any atom is -0.456 e. The molecule has 1 aromatic heterocycles. The lowest BCUT2D eigenvalue weighted by atomic mass is 9.78. The summed E-state index contributed by atoms with van der Waals surface area (Å²) >= 11 is 0. The number of aliphatic imine (C=N–C) groups is 3. The first-order valence-corrected chi connectivity index (χ1v) is 17.1. The Kier molecular flexibility index (Phi) is 7.47. The highest BCUT2D eigenvalue weighted by Gasteiger charge is 2.31. The van der Waals surface area contributed by atoms with E-state index in [2.05, 4.69) is 149 Å². The Morgan fingerprint density at radius 1 is 0.714 bits per heavy atom. The van der Waals surface area contributed by atoms with Crippen LogP contribution in [0, 0.1) is 5.92 Å². The first-order chi connectivity index (χ1) is 23.6. The molecule has 0 spiro atoms. The van der Waals surface area contributed by atoms with Gasteiger partial charge in [-0.25, -0.2) is 0 Å². The molecule has 0 saturated heterocycles. The highest BCUT2D eigenvalue weighted by Crippen LogP contribution is 2.41. The molecule has 2 N–H and O–H groups in total. The second-order valence-electron chi connectivity index (χ2n) is 13.8. The summed E-state index contributed by atoms with van der Waals surface area (Å²) in [6.07, 6.45) is 6.38. The van der Waals surface area contributed by atoms with Gasteiger partial charge in [-0.3, -0.25) is 15.0 Å². The van der Waals surface area contributed by atoms with E-state index in [0.717, 1.165) is 78.4 Å². The minimum atomic E-state index is -0.562. The highest BCUT2D eigenvalue weighted by molar-refractivity contribution is 6.08. The topological polar surface area (TPSA) is 74.3 Å². The van der Waals surface area contributed by atoms with Crippen molar-refractivity contribution >= 4 is 44.8 Å². The second-order valence-corrected chi connectivity index (χ2v) is 13.8. The third-order valence-corrected chi connectivity index (χ3v) is 9.94. The van der Waals surface area contributed by atoms with E-state index in [0.29, 0.717) is 0 Å². The van der Waals surface area contributed by atoms with Crippen LogP contribution in [0.25, 0.3) is 27.6 Å². The number of allylic oxidation sites excluding steroid dienone is 5. The predicted molar refractivity (Wildman–Crippen MR) is 203 cm³/mol. The lowest BCUT2D eigenvalue weighted by Gasteiger charge is -2.33. The molecule has 0 aliphatic carbocycles. The van der Waals surface area contributed by atoms with Gasteiger partial charge in [0.2, 0.25) is 0 Å². The Balaban J connectivity index is 1.25. The van der Waals surface area contributed by atoms with Crippen LogP contribution < -0.4 is 10.6 Å². The average Bonchev–Trinajstić information content (AvgIpc) is 3.45. The van der Waals surface area contributed by atoms with Crippen LogP contribution in [0.4, 0.5) is 0 Å². The zero-order chi connectivity index (χ0) is 33.9. The molecule has 6 heteroatoms. The van der Waals surface area contributed by atoms with E-state index in [1.165, 1.54) is 5.56 Å². The van der Waals surface area contributed by atoms with Gasteiger partial charge in [-0.05, 0) is 105 Å². The minimum absolute atomic E-state index is 0.0833. The maximum absolute atomic E-state index is 6.20. The standard InChI is InChI=1S/C43H41N5O/c1-25-19-26(2)45-42(44-25)33-13-9-12-32(21-33)41-29(5)36(30-17-18-40-37(23-30)35-15-7-8-16-39(35)49-40)24-38(46-41)31-11-10-14-34(22-31)43(6)47-27(3)20-28(4)48-43/h7-24,29,36,42,44,47H,1-6H3. The van der Waals surface area contributed by atoms with Gasteiger partial charge < -0.3 is 15.1 Å². The molecule has 0 amide bonds. The quantitative estimate of drug-likeness (QED) is 0.200. The molecule has 4 unspecified atom stereocenters. The molecule has 0 bridgehead atoms. The summed E-state index contributed by atoms with van der Waals surface area (Å²) in [6, 6.07) is 32.3. The molecule has 3 aliphatic rings. The Hall–Kier alpha value is -5.49. The number of nitrogens with zero attached hydrogens (tertiary/aromatic N) is 3. The first-order valence-electron chi connectivity index (χ1n) is 17.1. The number of fused-ring (bicyclic) bond motifs is 3. The van der Waals surface area contributed by atoms with Crippen LogP contribution in [0.5, 0.6) is 0 Å². The SMILES string of the molecule is CC1=CC(C)=NC(c2cccc(C3=NC(c4cccc(C5(C)N=C(C)C=C(C)N5)c4)=CC(c4ccc5oc6ccccc6c5c4)C3C)c2)N1. The van der Waals surface area contributed by atoms with Crippen molar-refractivity contribution in [3.8, 4) is 0 Å². The molecule has 3 aliphatic heterocycles. The molecule has 4 heterocycles. The van der Waals surface area contributed by atoms with E-state index < -0.39 is 5.66 Å². The Labute approximate surface area is 287 Å². The van der Waals surface area contributed by atoms with Gasteiger partial charge in [0.05, 0.1) is 11.4 Å². The highest BCUT2D eigenvalue weighted by atomic mass is 16.3. The third kappa shape index (κ3) is 5.71. The summed E-state index contributed by atoms with van der Waals surface area (Å²) in [5, 5.41) is 9.42. The van der Waals surface area contributed by atoms with Gasteiger partial charge in [-0.2, -0.15) is 0 Å². The monoisotopic (exact) mass is 643 g/mol. The molecule has 244 valence electrons. The Bertz CT molecular complexity index is 2330. The zero-order valence-corrected chi connectivity index (χ0v) is 28.9. The lowest BCUT2D eigenvalue weighted by Crippen LogP contribution is -2.39. The number of hydrogen-bond donors (Lipinski definition) is 2.